The van der Waals surface area contributed by atoms with Gasteiger partial charge in [0, 0.05) is 5.39 Å². The molecule has 70 valence electrons. The van der Waals surface area contributed by atoms with Crippen molar-refractivity contribution in [1.29, 1.82) is 0 Å². The lowest BCUT2D eigenvalue weighted by Crippen LogP contribution is -1.90. The molecule has 2 rings (SSSR count). The average Bonchev–Trinajstić information content (AvgIpc) is 2.20. The van der Waals surface area contributed by atoms with Crippen LogP contribution in [0.3, 0.4) is 0 Å². The highest BCUT2D eigenvalue weighted by Gasteiger charge is 2.01. The highest BCUT2D eigenvalue weighted by Crippen LogP contribution is 2.15. The Morgan fingerprint density at radius 1 is 1.29 bits per heavy atom. The van der Waals surface area contributed by atoms with Crippen LogP contribution in [-0.4, -0.2) is 16.4 Å². The number of fused-ring (bicyclic) bond motifs is 1. The second-order valence-electron chi connectivity index (χ2n) is 2.79. The maximum atomic E-state index is 13.2. The molecule has 0 aliphatic carbocycles. The predicted molar refractivity (Wildman–Crippen MR) is 51.1 cm³/mol. The van der Waals surface area contributed by atoms with Crippen molar-refractivity contribution in [1.82, 2.24) is 4.98 Å². The Hall–Kier alpha value is -1.97. The molecule has 1 heterocycles. The van der Waals surface area contributed by atoms with Gasteiger partial charge in [0.05, 0.1) is 11.9 Å². The second-order valence-corrected chi connectivity index (χ2v) is 2.79. The molecule has 0 amide bonds. The smallest absolute Gasteiger partial charge is 0.149 e. The fourth-order valence-electron chi connectivity index (χ4n) is 1.26. The van der Waals surface area contributed by atoms with E-state index in [4.69, 9.17) is 5.21 Å². The van der Waals surface area contributed by atoms with Gasteiger partial charge in [-0.1, -0.05) is 23.4 Å². The first-order valence-electron chi connectivity index (χ1n) is 4.04. The predicted octanol–water partition coefficient (Wildman–Crippen LogP) is 2.18. The Kier molecular flexibility index (Phi) is 2.10. The Balaban J connectivity index is 2.69. The van der Waals surface area contributed by atoms with E-state index in [1.165, 1.54) is 6.07 Å². The van der Waals surface area contributed by atoms with E-state index in [-0.39, 0.29) is 11.3 Å². The van der Waals surface area contributed by atoms with Gasteiger partial charge in [0.1, 0.15) is 11.3 Å². The van der Waals surface area contributed by atoms with Crippen molar-refractivity contribution in [2.45, 2.75) is 0 Å². The largest absolute Gasteiger partial charge is 0.411 e. The van der Waals surface area contributed by atoms with Gasteiger partial charge in [-0.05, 0) is 12.1 Å². The molecule has 4 heteroatoms. The van der Waals surface area contributed by atoms with E-state index in [1.54, 1.807) is 24.3 Å². The Labute approximate surface area is 79.5 Å². The van der Waals surface area contributed by atoms with Crippen LogP contribution in [0.15, 0.2) is 35.5 Å². The molecule has 0 aliphatic heterocycles. The topological polar surface area (TPSA) is 45.5 Å². The number of halogens is 1. The number of para-hydroxylation sites is 1. The molecule has 0 bridgehead atoms. The molecule has 0 fully saturated rings. The quantitative estimate of drug-likeness (QED) is 0.425. The van der Waals surface area contributed by atoms with Gasteiger partial charge in [-0.2, -0.15) is 0 Å². The molecule has 14 heavy (non-hydrogen) atoms. The maximum absolute atomic E-state index is 13.2. The number of rotatable bonds is 1. The molecule has 1 N–H and O–H groups in total. The summed E-state index contributed by atoms with van der Waals surface area (Å²) in [7, 11) is 0. The lowest BCUT2D eigenvalue weighted by atomic mass is 10.2. The number of pyridine rings is 1. The molecule has 0 saturated carbocycles. The summed E-state index contributed by atoms with van der Waals surface area (Å²) in [6, 6.07) is 8.11. The maximum Gasteiger partial charge on any atom is 0.149 e. The summed E-state index contributed by atoms with van der Waals surface area (Å²) in [6.07, 6.45) is 1.16. The normalized spacial score (nSPS) is 11.2. The van der Waals surface area contributed by atoms with Crippen LogP contribution >= 0.6 is 0 Å². The zero-order valence-corrected chi connectivity index (χ0v) is 7.18. The van der Waals surface area contributed by atoms with Crippen molar-refractivity contribution < 1.29 is 9.60 Å². The van der Waals surface area contributed by atoms with Crippen LogP contribution in [0.1, 0.15) is 5.69 Å². The first kappa shape index (κ1) is 8.62. The number of benzene rings is 1. The van der Waals surface area contributed by atoms with Crippen molar-refractivity contribution >= 4 is 17.1 Å². The van der Waals surface area contributed by atoms with Gasteiger partial charge in [0.15, 0.2) is 0 Å². The molecule has 0 aliphatic rings. The minimum atomic E-state index is -0.379. The zero-order chi connectivity index (χ0) is 9.97. The van der Waals surface area contributed by atoms with E-state index in [2.05, 4.69) is 10.1 Å². The molecule has 0 radical (unpaired) electrons. The van der Waals surface area contributed by atoms with Crippen molar-refractivity contribution in [2.75, 3.05) is 0 Å². The molecule has 0 saturated heterocycles. The minimum Gasteiger partial charge on any atom is -0.411 e. The summed E-state index contributed by atoms with van der Waals surface area (Å²) < 4.78 is 13.2. The SMILES string of the molecule is O/N=C/c1ccc2cccc(F)c2n1. The van der Waals surface area contributed by atoms with E-state index in [0.29, 0.717) is 5.69 Å². The lowest BCUT2D eigenvalue weighted by molar-refractivity contribution is 0.321. The van der Waals surface area contributed by atoms with Crippen molar-refractivity contribution in [2.24, 2.45) is 5.16 Å². The molecule has 0 spiro atoms. The van der Waals surface area contributed by atoms with Gasteiger partial charge in [0.25, 0.3) is 0 Å². The molecule has 0 atom stereocenters. The monoisotopic (exact) mass is 190 g/mol. The Morgan fingerprint density at radius 2 is 2.14 bits per heavy atom. The van der Waals surface area contributed by atoms with Gasteiger partial charge in [-0.15, -0.1) is 0 Å². The lowest BCUT2D eigenvalue weighted by Gasteiger charge is -1.98. The van der Waals surface area contributed by atoms with E-state index >= 15 is 0 Å². The molecule has 2 aromatic rings. The fraction of sp³-hybridized carbons (Fsp3) is 0. The molecule has 1 aromatic carbocycles. The van der Waals surface area contributed by atoms with Crippen LogP contribution in [0.2, 0.25) is 0 Å². The van der Waals surface area contributed by atoms with Gasteiger partial charge in [0.2, 0.25) is 0 Å². The first-order valence-corrected chi connectivity index (χ1v) is 4.04. The summed E-state index contributed by atoms with van der Waals surface area (Å²) in [6.45, 7) is 0. The molecule has 3 nitrogen and oxygen atoms in total. The highest BCUT2D eigenvalue weighted by molar-refractivity contribution is 5.85. The van der Waals surface area contributed by atoms with Crippen LogP contribution in [-0.2, 0) is 0 Å². The highest BCUT2D eigenvalue weighted by atomic mass is 19.1. The van der Waals surface area contributed by atoms with Crippen molar-refractivity contribution in [3.05, 3.63) is 41.8 Å². The molecule has 0 unspecified atom stereocenters. The van der Waals surface area contributed by atoms with Crippen LogP contribution in [0.4, 0.5) is 4.39 Å². The molecule has 1 aromatic heterocycles. The third-order valence-electron chi connectivity index (χ3n) is 1.88. The number of nitrogens with zero attached hydrogens (tertiary/aromatic N) is 2. The van der Waals surface area contributed by atoms with E-state index in [1.807, 2.05) is 0 Å². The number of aromatic nitrogens is 1. The minimum absolute atomic E-state index is 0.282. The van der Waals surface area contributed by atoms with Gasteiger partial charge < -0.3 is 5.21 Å². The zero-order valence-electron chi connectivity index (χ0n) is 7.18. The van der Waals surface area contributed by atoms with Gasteiger partial charge in [-0.3, -0.25) is 0 Å². The summed E-state index contributed by atoms with van der Waals surface area (Å²) in [5.74, 6) is -0.379. The molecular formula is C10H7FN2O. The second kappa shape index (κ2) is 3.41. The Morgan fingerprint density at radius 3 is 2.93 bits per heavy atom. The standard InChI is InChI=1S/C10H7FN2O/c11-9-3-1-2-7-4-5-8(6-12-14)13-10(7)9/h1-6,14H/b12-6+. The van der Waals surface area contributed by atoms with E-state index < -0.39 is 0 Å². The van der Waals surface area contributed by atoms with Crippen molar-refractivity contribution in [3.8, 4) is 0 Å². The third-order valence-corrected chi connectivity index (χ3v) is 1.88. The van der Waals surface area contributed by atoms with Gasteiger partial charge >= 0.3 is 0 Å². The summed E-state index contributed by atoms with van der Waals surface area (Å²) >= 11 is 0. The van der Waals surface area contributed by atoms with Crippen LogP contribution in [0, 0.1) is 5.82 Å². The fourth-order valence-corrected chi connectivity index (χ4v) is 1.26. The van der Waals surface area contributed by atoms with Crippen LogP contribution in [0.25, 0.3) is 10.9 Å². The third kappa shape index (κ3) is 1.42. The first-order chi connectivity index (χ1) is 6.81. The Bertz CT molecular complexity index is 496. The van der Waals surface area contributed by atoms with Crippen LogP contribution < -0.4 is 0 Å². The van der Waals surface area contributed by atoms with Gasteiger partial charge in [-0.25, -0.2) is 9.37 Å². The van der Waals surface area contributed by atoms with E-state index in [0.717, 1.165) is 11.6 Å². The van der Waals surface area contributed by atoms with E-state index in [9.17, 15) is 4.39 Å². The molecular weight excluding hydrogens is 183 g/mol. The summed E-state index contributed by atoms with van der Waals surface area (Å²) in [5.41, 5.74) is 0.704. The number of oxime groups is 1. The summed E-state index contributed by atoms with van der Waals surface area (Å²) in [4.78, 5) is 3.98. The average molecular weight is 190 g/mol. The number of hydrogen-bond donors (Lipinski definition) is 1. The van der Waals surface area contributed by atoms with Crippen molar-refractivity contribution in [3.63, 3.8) is 0 Å². The summed E-state index contributed by atoms with van der Waals surface area (Å²) in [5, 5.41) is 11.9. The van der Waals surface area contributed by atoms with Crippen LogP contribution in [0.5, 0.6) is 0 Å². The number of hydrogen-bond acceptors (Lipinski definition) is 3.